The van der Waals surface area contributed by atoms with Crippen molar-refractivity contribution in [2.24, 2.45) is 0 Å². The van der Waals surface area contributed by atoms with Crippen molar-refractivity contribution in [2.45, 2.75) is 32.1 Å². The highest BCUT2D eigenvalue weighted by Crippen LogP contribution is 2.42. The van der Waals surface area contributed by atoms with Gasteiger partial charge in [0.05, 0.1) is 6.42 Å². The average Bonchev–Trinajstić information content (AvgIpc) is 3.00. The topological polar surface area (TPSA) is 57.5 Å². The molecule has 0 saturated carbocycles. The summed E-state index contributed by atoms with van der Waals surface area (Å²) in [5.74, 6) is -0.632. The highest BCUT2D eigenvalue weighted by atomic mass is 35.5. The predicted molar refractivity (Wildman–Crippen MR) is 125 cm³/mol. The van der Waals surface area contributed by atoms with Gasteiger partial charge in [-0.25, -0.2) is 0 Å². The van der Waals surface area contributed by atoms with Crippen LogP contribution in [0.15, 0.2) is 81.9 Å². The van der Waals surface area contributed by atoms with E-state index >= 15 is 0 Å². The first-order valence-electron chi connectivity index (χ1n) is 10.2. The second-order valence-electron chi connectivity index (χ2n) is 7.75. The number of carboxylic acids is 1. The van der Waals surface area contributed by atoms with Gasteiger partial charge in [-0.05, 0) is 82.9 Å². The van der Waals surface area contributed by atoms with E-state index < -0.39 is 5.97 Å². The standard InChI is InChI=1S/C26H22Cl2O3/c27-19-4-2-5-22(24(28)15-19)23-6-1-3-18-13-16(14-25(30)31)7-12-21(18)26(23)17-8-10-20(29)11-9-17/h4-5,7-13,15,29H,1-3,6,14H2,(H,30,31). The molecule has 0 amide bonds. The number of benzene rings is 2. The van der Waals surface area contributed by atoms with Crippen molar-refractivity contribution in [2.75, 3.05) is 0 Å². The molecule has 0 aliphatic heterocycles. The molecule has 158 valence electrons. The second kappa shape index (κ2) is 9.17. The fourth-order valence-corrected chi connectivity index (χ4v) is 4.83. The molecule has 2 aromatic carbocycles. The number of aromatic hydroxyl groups is 1. The van der Waals surface area contributed by atoms with Gasteiger partial charge in [0.25, 0.3) is 0 Å². The van der Waals surface area contributed by atoms with Crippen molar-refractivity contribution in [3.05, 3.63) is 104 Å². The zero-order valence-corrected chi connectivity index (χ0v) is 18.4. The van der Waals surface area contributed by atoms with E-state index in [-0.39, 0.29) is 12.2 Å². The first-order chi connectivity index (χ1) is 14.9. The monoisotopic (exact) mass is 452 g/mol. The highest BCUT2D eigenvalue weighted by Gasteiger charge is 2.23. The van der Waals surface area contributed by atoms with Crippen LogP contribution in [0.4, 0.5) is 0 Å². The number of rotatable bonds is 4. The Bertz CT molecular complexity index is 1150. The van der Waals surface area contributed by atoms with Crippen LogP contribution >= 0.6 is 23.2 Å². The summed E-state index contributed by atoms with van der Waals surface area (Å²) in [6.45, 7) is 0. The summed E-state index contributed by atoms with van der Waals surface area (Å²) in [7, 11) is 0. The van der Waals surface area contributed by atoms with Gasteiger partial charge in [-0.2, -0.15) is 0 Å². The number of aliphatic carboxylic acids is 1. The van der Waals surface area contributed by atoms with Crippen LogP contribution in [-0.4, -0.2) is 16.2 Å². The molecule has 2 N–H and O–H groups in total. The predicted octanol–water partition coefficient (Wildman–Crippen LogP) is 6.73. The van der Waals surface area contributed by atoms with E-state index in [1.54, 1.807) is 18.2 Å². The van der Waals surface area contributed by atoms with Crippen LogP contribution in [0.2, 0.25) is 0 Å². The fourth-order valence-electron chi connectivity index (χ4n) is 4.26. The van der Waals surface area contributed by atoms with Gasteiger partial charge in [0.1, 0.15) is 5.75 Å². The summed E-state index contributed by atoms with van der Waals surface area (Å²) in [4.78, 5) is 11.2. The molecule has 2 aliphatic rings. The Morgan fingerprint density at radius 2 is 1.77 bits per heavy atom. The first-order valence-corrected chi connectivity index (χ1v) is 11.0. The molecular weight excluding hydrogens is 431 g/mol. The lowest BCUT2D eigenvalue weighted by Gasteiger charge is -2.19. The van der Waals surface area contributed by atoms with Crippen molar-refractivity contribution >= 4 is 34.7 Å². The molecule has 0 unspecified atom stereocenters. The van der Waals surface area contributed by atoms with Crippen molar-refractivity contribution in [1.82, 2.24) is 0 Å². The van der Waals surface area contributed by atoms with Crippen molar-refractivity contribution in [3.63, 3.8) is 0 Å². The average molecular weight is 453 g/mol. The van der Waals surface area contributed by atoms with Crippen LogP contribution in [0.5, 0.6) is 5.75 Å². The van der Waals surface area contributed by atoms with Crippen LogP contribution in [0.1, 0.15) is 41.5 Å². The molecule has 0 bridgehead atoms. The Hall–Kier alpha value is -2.75. The summed E-state index contributed by atoms with van der Waals surface area (Å²) in [5.41, 5.74) is 7.14. The molecule has 2 aromatic rings. The number of aryl methyl sites for hydroxylation is 1. The third-order valence-electron chi connectivity index (χ3n) is 5.61. The largest absolute Gasteiger partial charge is 0.508 e. The van der Waals surface area contributed by atoms with Crippen LogP contribution in [0, 0.1) is 0 Å². The molecular formula is C26H22Cl2O3. The molecule has 2 aliphatic carbocycles. The Balaban J connectivity index is 1.94. The molecule has 0 saturated heterocycles. The SMILES string of the molecule is O=C(O)Cc1ccc2c(c1)CCCC(C1=CCC=C(Cl)C=C1Cl)=C2c1ccc(O)cc1. The van der Waals surface area contributed by atoms with Crippen molar-refractivity contribution < 1.29 is 15.0 Å². The van der Waals surface area contributed by atoms with Gasteiger partial charge in [0.2, 0.25) is 0 Å². The zero-order chi connectivity index (χ0) is 22.0. The van der Waals surface area contributed by atoms with Crippen molar-refractivity contribution in [1.29, 1.82) is 0 Å². The molecule has 31 heavy (non-hydrogen) atoms. The normalized spacial score (nSPS) is 16.5. The minimum Gasteiger partial charge on any atom is -0.508 e. The van der Waals surface area contributed by atoms with E-state index in [1.807, 2.05) is 36.4 Å². The number of allylic oxidation sites excluding steroid dienone is 7. The summed E-state index contributed by atoms with van der Waals surface area (Å²) in [6.07, 6.45) is 9.11. The minimum absolute atomic E-state index is 0.00226. The lowest BCUT2D eigenvalue weighted by atomic mass is 9.86. The molecule has 0 fully saturated rings. The van der Waals surface area contributed by atoms with Crippen LogP contribution in [0.25, 0.3) is 5.57 Å². The summed E-state index contributed by atoms with van der Waals surface area (Å²) in [6, 6.07) is 13.1. The molecule has 0 spiro atoms. The number of fused-ring (bicyclic) bond motifs is 1. The van der Waals surface area contributed by atoms with Crippen molar-refractivity contribution in [3.8, 4) is 5.75 Å². The van der Waals surface area contributed by atoms with Gasteiger partial charge in [-0.15, -0.1) is 0 Å². The van der Waals surface area contributed by atoms with E-state index in [2.05, 4.69) is 6.08 Å². The Morgan fingerprint density at radius 3 is 2.52 bits per heavy atom. The number of carbonyl (C=O) groups is 1. The van der Waals surface area contributed by atoms with E-state index in [0.29, 0.717) is 16.5 Å². The summed E-state index contributed by atoms with van der Waals surface area (Å²) >= 11 is 12.9. The number of hydrogen-bond donors (Lipinski definition) is 2. The minimum atomic E-state index is -0.839. The molecule has 3 nitrogen and oxygen atoms in total. The van der Waals surface area contributed by atoms with E-state index in [1.165, 1.54) is 0 Å². The molecule has 0 heterocycles. The number of phenols is 1. The number of phenolic OH excluding ortho intramolecular Hbond substituents is 1. The lowest BCUT2D eigenvalue weighted by molar-refractivity contribution is -0.136. The Labute approximate surface area is 191 Å². The smallest absolute Gasteiger partial charge is 0.307 e. The molecule has 4 rings (SSSR count). The third-order valence-corrected chi connectivity index (χ3v) is 6.18. The highest BCUT2D eigenvalue weighted by molar-refractivity contribution is 6.36. The maximum atomic E-state index is 11.2. The first kappa shape index (κ1) is 21.5. The lowest BCUT2D eigenvalue weighted by Crippen LogP contribution is -2.03. The summed E-state index contributed by atoms with van der Waals surface area (Å²) < 4.78 is 0. The van der Waals surface area contributed by atoms with Gasteiger partial charge in [-0.1, -0.05) is 65.7 Å². The zero-order valence-electron chi connectivity index (χ0n) is 16.9. The number of hydrogen-bond acceptors (Lipinski definition) is 2. The van der Waals surface area contributed by atoms with E-state index in [0.717, 1.165) is 58.2 Å². The molecule has 0 radical (unpaired) electrons. The van der Waals surface area contributed by atoms with Crippen LogP contribution in [-0.2, 0) is 17.6 Å². The van der Waals surface area contributed by atoms with Crippen LogP contribution in [0.3, 0.4) is 0 Å². The van der Waals surface area contributed by atoms with E-state index in [4.69, 9.17) is 23.2 Å². The quantitative estimate of drug-likeness (QED) is 0.540. The fraction of sp³-hybridized carbons (Fsp3) is 0.192. The second-order valence-corrected chi connectivity index (χ2v) is 8.59. The molecule has 0 atom stereocenters. The van der Waals surface area contributed by atoms with Gasteiger partial charge in [-0.3, -0.25) is 4.79 Å². The summed E-state index contributed by atoms with van der Waals surface area (Å²) in [5, 5.41) is 20.2. The van der Waals surface area contributed by atoms with E-state index in [9.17, 15) is 15.0 Å². The van der Waals surface area contributed by atoms with Crippen LogP contribution < -0.4 is 0 Å². The van der Waals surface area contributed by atoms with Gasteiger partial charge >= 0.3 is 5.97 Å². The Kier molecular flexibility index (Phi) is 6.35. The maximum Gasteiger partial charge on any atom is 0.307 e. The van der Waals surface area contributed by atoms with Gasteiger partial charge < -0.3 is 10.2 Å². The number of halogens is 2. The van der Waals surface area contributed by atoms with Gasteiger partial charge in [0, 0.05) is 10.1 Å². The molecule has 0 aromatic heterocycles. The van der Waals surface area contributed by atoms with Gasteiger partial charge in [0.15, 0.2) is 0 Å². The number of carboxylic acid groups (broad SMARTS) is 1. The Morgan fingerprint density at radius 1 is 1.00 bits per heavy atom. The maximum absolute atomic E-state index is 11.2. The third kappa shape index (κ3) is 4.79. The molecule has 5 heteroatoms.